The number of sulfonamides is 2. The highest BCUT2D eigenvalue weighted by Crippen LogP contribution is 2.28. The zero-order chi connectivity index (χ0) is 23.2. The molecule has 1 fully saturated rings. The first-order valence-electron chi connectivity index (χ1n) is 10.8. The second-order valence-corrected chi connectivity index (χ2v) is 12.2. The molecule has 6 nitrogen and oxygen atoms in total. The summed E-state index contributed by atoms with van der Waals surface area (Å²) >= 11 is 0. The molecule has 1 saturated heterocycles. The number of hydrogen-bond donors (Lipinski definition) is 0. The Labute approximate surface area is 194 Å². The lowest BCUT2D eigenvalue weighted by atomic mass is 10.1. The van der Waals surface area contributed by atoms with Crippen LogP contribution in [0.1, 0.15) is 6.92 Å². The minimum atomic E-state index is -3.75. The summed E-state index contributed by atoms with van der Waals surface area (Å²) < 4.78 is 56.1. The van der Waals surface area contributed by atoms with Gasteiger partial charge in [0.2, 0.25) is 20.0 Å². The van der Waals surface area contributed by atoms with Gasteiger partial charge in [-0.05, 0) is 52.7 Å². The van der Waals surface area contributed by atoms with Gasteiger partial charge in [-0.25, -0.2) is 16.8 Å². The first-order chi connectivity index (χ1) is 15.8. The predicted octanol–water partition coefficient (Wildman–Crippen LogP) is 4.08. The van der Waals surface area contributed by atoms with E-state index in [1.165, 1.54) is 8.61 Å². The van der Waals surface area contributed by atoms with Crippen molar-refractivity contribution < 1.29 is 16.8 Å². The molecule has 33 heavy (non-hydrogen) atoms. The highest BCUT2D eigenvalue weighted by atomic mass is 32.2. The quantitative estimate of drug-likeness (QED) is 0.441. The van der Waals surface area contributed by atoms with E-state index in [0.717, 1.165) is 21.5 Å². The summed E-state index contributed by atoms with van der Waals surface area (Å²) in [5.74, 6) is 0. The van der Waals surface area contributed by atoms with E-state index in [0.29, 0.717) is 0 Å². The van der Waals surface area contributed by atoms with E-state index >= 15 is 0 Å². The van der Waals surface area contributed by atoms with Crippen LogP contribution in [0, 0.1) is 0 Å². The van der Waals surface area contributed by atoms with Gasteiger partial charge in [0.25, 0.3) is 0 Å². The lowest BCUT2D eigenvalue weighted by Crippen LogP contribution is -2.55. The molecule has 0 aliphatic carbocycles. The van der Waals surface area contributed by atoms with Gasteiger partial charge in [0, 0.05) is 25.7 Å². The summed E-state index contributed by atoms with van der Waals surface area (Å²) in [4.78, 5) is 0.443. The largest absolute Gasteiger partial charge is 0.243 e. The lowest BCUT2D eigenvalue weighted by Gasteiger charge is -2.38. The Hall–Kier alpha value is -2.78. The van der Waals surface area contributed by atoms with Gasteiger partial charge in [-0.1, -0.05) is 60.7 Å². The van der Waals surface area contributed by atoms with Crippen LogP contribution in [0.5, 0.6) is 0 Å². The summed E-state index contributed by atoms with van der Waals surface area (Å²) in [5, 5.41) is 3.64. The van der Waals surface area contributed by atoms with E-state index in [-0.39, 0.29) is 29.4 Å². The van der Waals surface area contributed by atoms with Crippen LogP contribution in [0.3, 0.4) is 0 Å². The van der Waals surface area contributed by atoms with E-state index in [1.807, 2.05) is 48.5 Å². The van der Waals surface area contributed by atoms with Crippen LogP contribution in [0.4, 0.5) is 0 Å². The van der Waals surface area contributed by atoms with Crippen LogP contribution in [0.2, 0.25) is 0 Å². The first kappa shape index (κ1) is 22.0. The maximum atomic E-state index is 13.4. The minimum Gasteiger partial charge on any atom is -0.207 e. The molecule has 1 atom stereocenters. The number of benzene rings is 4. The molecule has 0 bridgehead atoms. The van der Waals surface area contributed by atoms with Crippen LogP contribution in [0.15, 0.2) is 94.7 Å². The van der Waals surface area contributed by atoms with Crippen molar-refractivity contribution >= 4 is 41.6 Å². The lowest BCUT2D eigenvalue weighted by molar-refractivity contribution is 0.212. The molecule has 170 valence electrons. The molecule has 0 unspecified atom stereocenters. The Bertz CT molecular complexity index is 1570. The van der Waals surface area contributed by atoms with E-state index in [9.17, 15) is 16.8 Å². The van der Waals surface area contributed by atoms with Crippen molar-refractivity contribution in [1.82, 2.24) is 8.61 Å². The number of rotatable bonds is 4. The first-order valence-corrected chi connectivity index (χ1v) is 13.6. The third-order valence-electron chi connectivity index (χ3n) is 6.22. The third-order valence-corrected chi connectivity index (χ3v) is 10.1. The van der Waals surface area contributed by atoms with Crippen LogP contribution >= 0.6 is 0 Å². The van der Waals surface area contributed by atoms with Crippen LogP contribution in [-0.4, -0.2) is 51.1 Å². The van der Waals surface area contributed by atoms with Crippen molar-refractivity contribution in [2.75, 3.05) is 19.6 Å². The molecule has 8 heteroatoms. The van der Waals surface area contributed by atoms with Crippen molar-refractivity contribution in [1.29, 1.82) is 0 Å². The molecule has 1 aliphatic rings. The maximum absolute atomic E-state index is 13.4. The van der Waals surface area contributed by atoms with Crippen molar-refractivity contribution in [3.63, 3.8) is 0 Å². The van der Waals surface area contributed by atoms with E-state index in [4.69, 9.17) is 0 Å². The molecule has 4 aromatic rings. The molecular formula is C25H24N2O4S2. The van der Waals surface area contributed by atoms with Crippen LogP contribution in [-0.2, 0) is 20.0 Å². The van der Waals surface area contributed by atoms with Gasteiger partial charge in [-0.2, -0.15) is 8.61 Å². The Kier molecular flexibility index (Phi) is 5.49. The molecule has 0 N–H and O–H groups in total. The van der Waals surface area contributed by atoms with Gasteiger partial charge in [-0.15, -0.1) is 0 Å². The average molecular weight is 481 g/mol. The van der Waals surface area contributed by atoms with Crippen molar-refractivity contribution in [3.8, 4) is 0 Å². The monoisotopic (exact) mass is 480 g/mol. The highest BCUT2D eigenvalue weighted by molar-refractivity contribution is 7.89. The van der Waals surface area contributed by atoms with Crippen molar-refractivity contribution in [2.24, 2.45) is 0 Å². The molecule has 0 spiro atoms. The fourth-order valence-corrected chi connectivity index (χ4v) is 7.62. The van der Waals surface area contributed by atoms with Gasteiger partial charge in [0.1, 0.15) is 0 Å². The van der Waals surface area contributed by atoms with Crippen LogP contribution in [0.25, 0.3) is 21.5 Å². The maximum Gasteiger partial charge on any atom is 0.243 e. The molecule has 5 rings (SSSR count). The van der Waals surface area contributed by atoms with E-state index in [1.54, 1.807) is 43.3 Å². The summed E-state index contributed by atoms with van der Waals surface area (Å²) in [6, 6.07) is 24.9. The smallest absolute Gasteiger partial charge is 0.207 e. The number of piperazine rings is 1. The normalized spacial score (nSPS) is 18.6. The topological polar surface area (TPSA) is 74.8 Å². The molecule has 1 heterocycles. The minimum absolute atomic E-state index is 0.0992. The van der Waals surface area contributed by atoms with Gasteiger partial charge in [0.05, 0.1) is 9.79 Å². The molecule has 4 aromatic carbocycles. The van der Waals surface area contributed by atoms with Gasteiger partial charge in [-0.3, -0.25) is 0 Å². The van der Waals surface area contributed by atoms with E-state index in [2.05, 4.69) is 0 Å². The predicted molar refractivity (Wildman–Crippen MR) is 130 cm³/mol. The Morgan fingerprint density at radius 3 is 1.64 bits per heavy atom. The fraction of sp³-hybridized carbons (Fsp3) is 0.200. The van der Waals surface area contributed by atoms with Crippen molar-refractivity contribution in [3.05, 3.63) is 84.9 Å². The fourth-order valence-electron chi connectivity index (χ4n) is 4.42. The Morgan fingerprint density at radius 2 is 1.12 bits per heavy atom. The summed E-state index contributed by atoms with van der Waals surface area (Å²) in [6.45, 7) is 2.05. The number of hydrogen-bond acceptors (Lipinski definition) is 4. The highest BCUT2D eigenvalue weighted by Gasteiger charge is 2.38. The number of nitrogens with zero attached hydrogens (tertiary/aromatic N) is 2. The van der Waals surface area contributed by atoms with Gasteiger partial charge < -0.3 is 0 Å². The standard InChI is InChI=1S/C25H24N2O4S2/c1-19-18-26(32(28,29)24-12-10-20-6-2-4-8-22(20)16-24)14-15-27(19)33(30,31)25-13-11-21-7-3-5-9-23(21)17-25/h2-13,16-17,19H,14-15,18H2,1H3/t19-/m0/s1. The Balaban J connectivity index is 1.40. The molecule has 0 radical (unpaired) electrons. The second kappa shape index (κ2) is 8.22. The third kappa shape index (κ3) is 3.93. The SMILES string of the molecule is C[C@H]1CN(S(=O)(=O)c2ccc3ccccc3c2)CCN1S(=O)(=O)c1ccc2ccccc2c1. The number of fused-ring (bicyclic) bond motifs is 2. The molecule has 0 saturated carbocycles. The zero-order valence-electron chi connectivity index (χ0n) is 18.1. The van der Waals surface area contributed by atoms with Crippen LogP contribution < -0.4 is 0 Å². The molecule has 1 aliphatic heterocycles. The average Bonchev–Trinajstić information content (AvgIpc) is 2.83. The van der Waals surface area contributed by atoms with Gasteiger partial charge >= 0.3 is 0 Å². The summed E-state index contributed by atoms with van der Waals surface area (Å²) in [7, 11) is -7.49. The second-order valence-electron chi connectivity index (χ2n) is 8.35. The van der Waals surface area contributed by atoms with E-state index < -0.39 is 26.1 Å². The summed E-state index contributed by atoms with van der Waals surface area (Å²) in [5.41, 5.74) is 0. The zero-order valence-corrected chi connectivity index (χ0v) is 19.8. The van der Waals surface area contributed by atoms with Crippen molar-refractivity contribution in [2.45, 2.75) is 22.8 Å². The van der Waals surface area contributed by atoms with Gasteiger partial charge in [0.15, 0.2) is 0 Å². The Morgan fingerprint density at radius 1 is 0.636 bits per heavy atom. The molecule has 0 aromatic heterocycles. The molecular weight excluding hydrogens is 456 g/mol. The molecule has 0 amide bonds. The summed E-state index contributed by atoms with van der Waals surface area (Å²) in [6.07, 6.45) is 0.